The van der Waals surface area contributed by atoms with Crippen LogP contribution in [-0.4, -0.2) is 35.6 Å². The van der Waals surface area contributed by atoms with Gasteiger partial charge >= 0.3 is 5.97 Å². The molecule has 0 saturated carbocycles. The number of benzene rings is 2. The number of nitrogens with zero attached hydrogens (tertiary/aromatic N) is 1. The maximum atomic E-state index is 14.6. The van der Waals surface area contributed by atoms with Crippen LogP contribution < -0.4 is 10.2 Å². The van der Waals surface area contributed by atoms with Crippen LogP contribution >= 0.6 is 0 Å². The lowest BCUT2D eigenvalue weighted by Gasteiger charge is -2.17. The number of halogens is 2. The van der Waals surface area contributed by atoms with E-state index in [1.807, 2.05) is 0 Å². The summed E-state index contributed by atoms with van der Waals surface area (Å²) in [4.78, 5) is 24.4. The smallest absolute Gasteiger partial charge is 0.341 e. The highest BCUT2D eigenvalue weighted by atomic mass is 19.2. The molecule has 1 N–H and O–H groups in total. The van der Waals surface area contributed by atoms with Crippen LogP contribution in [0.25, 0.3) is 10.9 Å². The highest BCUT2D eigenvalue weighted by Gasteiger charge is 2.23. The fourth-order valence-electron chi connectivity index (χ4n) is 3.04. The molecule has 7 nitrogen and oxygen atoms in total. The topological polar surface area (TPSA) is 87.0 Å². The molecule has 164 valence electrons. The SMILES string of the molecule is COC(C)OCCn1cc(C(=O)O)c(=O)c2c(OCc3ccccc3)c(F)c(F)cc21. The Labute approximate surface area is 176 Å². The minimum Gasteiger partial charge on any atom is -0.485 e. The molecule has 1 unspecified atom stereocenters. The molecule has 0 fully saturated rings. The van der Waals surface area contributed by atoms with Gasteiger partial charge in [-0.1, -0.05) is 30.3 Å². The third-order valence-corrected chi connectivity index (χ3v) is 4.69. The molecular formula is C22H21F2NO6. The number of carboxylic acid groups (broad SMARTS) is 1. The first-order valence-corrected chi connectivity index (χ1v) is 9.43. The Kier molecular flexibility index (Phi) is 6.98. The number of methoxy groups -OCH3 is 1. The fourth-order valence-corrected chi connectivity index (χ4v) is 3.04. The first kappa shape index (κ1) is 22.4. The molecule has 1 heterocycles. The average molecular weight is 433 g/mol. The van der Waals surface area contributed by atoms with E-state index in [-0.39, 0.29) is 30.7 Å². The molecule has 3 rings (SSSR count). The van der Waals surface area contributed by atoms with Gasteiger partial charge in [0.05, 0.1) is 17.5 Å². The zero-order valence-corrected chi connectivity index (χ0v) is 16.9. The third kappa shape index (κ3) is 4.89. The van der Waals surface area contributed by atoms with Crippen LogP contribution in [0, 0.1) is 11.6 Å². The Balaban J connectivity index is 2.12. The summed E-state index contributed by atoms with van der Waals surface area (Å²) in [6.45, 7) is 1.66. The zero-order chi connectivity index (χ0) is 22.5. The lowest BCUT2D eigenvalue weighted by Crippen LogP contribution is -2.22. The van der Waals surface area contributed by atoms with Crippen LogP contribution in [-0.2, 0) is 22.6 Å². The van der Waals surface area contributed by atoms with Gasteiger partial charge in [-0.25, -0.2) is 9.18 Å². The van der Waals surface area contributed by atoms with Crippen LogP contribution in [0.5, 0.6) is 5.75 Å². The third-order valence-electron chi connectivity index (χ3n) is 4.69. The van der Waals surface area contributed by atoms with Gasteiger partial charge in [0.2, 0.25) is 11.2 Å². The zero-order valence-electron chi connectivity index (χ0n) is 16.9. The quantitative estimate of drug-likeness (QED) is 0.519. The first-order chi connectivity index (χ1) is 14.8. The summed E-state index contributed by atoms with van der Waals surface area (Å²) < 4.78 is 46.2. The van der Waals surface area contributed by atoms with Gasteiger partial charge in [0.1, 0.15) is 12.2 Å². The summed E-state index contributed by atoms with van der Waals surface area (Å²) in [5.74, 6) is -4.71. The second-order valence-electron chi connectivity index (χ2n) is 6.71. The summed E-state index contributed by atoms with van der Waals surface area (Å²) in [5, 5.41) is 9.10. The molecule has 0 spiro atoms. The van der Waals surface area contributed by atoms with E-state index in [4.69, 9.17) is 14.2 Å². The molecule has 31 heavy (non-hydrogen) atoms. The van der Waals surface area contributed by atoms with Crippen LogP contribution in [0.15, 0.2) is 47.4 Å². The number of aromatic nitrogens is 1. The van der Waals surface area contributed by atoms with Crippen LogP contribution in [0.1, 0.15) is 22.8 Å². The van der Waals surface area contributed by atoms with E-state index in [0.29, 0.717) is 5.56 Å². The minimum absolute atomic E-state index is 0.00867. The molecule has 1 aromatic heterocycles. The van der Waals surface area contributed by atoms with E-state index in [1.165, 1.54) is 11.7 Å². The number of aromatic carboxylic acids is 1. The summed E-state index contributed by atoms with van der Waals surface area (Å²) >= 11 is 0. The monoisotopic (exact) mass is 433 g/mol. The second-order valence-corrected chi connectivity index (χ2v) is 6.71. The van der Waals surface area contributed by atoms with Gasteiger partial charge in [-0.2, -0.15) is 4.39 Å². The molecule has 0 radical (unpaired) electrons. The van der Waals surface area contributed by atoms with Gasteiger partial charge in [-0.05, 0) is 12.5 Å². The Morgan fingerprint density at radius 3 is 2.58 bits per heavy atom. The summed E-state index contributed by atoms with van der Waals surface area (Å²) in [5.41, 5.74) is -0.906. The maximum Gasteiger partial charge on any atom is 0.341 e. The highest BCUT2D eigenvalue weighted by molar-refractivity contribution is 5.95. The van der Waals surface area contributed by atoms with E-state index in [1.54, 1.807) is 37.3 Å². The van der Waals surface area contributed by atoms with E-state index in [0.717, 1.165) is 12.3 Å². The van der Waals surface area contributed by atoms with E-state index >= 15 is 0 Å². The molecule has 0 amide bonds. The van der Waals surface area contributed by atoms with Gasteiger partial charge < -0.3 is 23.9 Å². The molecule has 0 aliphatic rings. The number of hydrogen-bond acceptors (Lipinski definition) is 5. The Morgan fingerprint density at radius 2 is 1.94 bits per heavy atom. The van der Waals surface area contributed by atoms with Crippen molar-refractivity contribution in [1.29, 1.82) is 0 Å². The maximum absolute atomic E-state index is 14.6. The summed E-state index contributed by atoms with van der Waals surface area (Å²) in [6, 6.07) is 9.55. The van der Waals surface area contributed by atoms with Gasteiger partial charge in [0, 0.05) is 25.9 Å². The molecular weight excluding hydrogens is 412 g/mol. The number of hydrogen-bond donors (Lipinski definition) is 1. The van der Waals surface area contributed by atoms with Crippen molar-refractivity contribution >= 4 is 16.9 Å². The van der Waals surface area contributed by atoms with E-state index < -0.39 is 40.6 Å². The van der Waals surface area contributed by atoms with Crippen molar-refractivity contribution in [3.05, 3.63) is 75.6 Å². The fraction of sp³-hybridized carbons (Fsp3) is 0.273. The molecule has 0 aliphatic heterocycles. The number of carbonyl (C=O) groups is 1. The van der Waals surface area contributed by atoms with Crippen molar-refractivity contribution < 1.29 is 32.9 Å². The Bertz CT molecular complexity index is 1150. The van der Waals surface area contributed by atoms with Crippen molar-refractivity contribution in [1.82, 2.24) is 4.57 Å². The average Bonchev–Trinajstić information content (AvgIpc) is 2.76. The molecule has 1 atom stereocenters. The lowest BCUT2D eigenvalue weighted by molar-refractivity contribution is -0.112. The van der Waals surface area contributed by atoms with Gasteiger partial charge in [-0.15, -0.1) is 0 Å². The molecule has 2 aromatic carbocycles. The predicted octanol–water partition coefficient (Wildman–Crippen LogP) is 3.57. The minimum atomic E-state index is -1.49. The number of fused-ring (bicyclic) bond motifs is 1. The van der Waals surface area contributed by atoms with Gasteiger partial charge in [0.15, 0.2) is 17.9 Å². The molecule has 0 saturated heterocycles. The Hall–Kier alpha value is -3.30. The van der Waals surface area contributed by atoms with Gasteiger partial charge in [-0.3, -0.25) is 4.79 Å². The summed E-state index contributed by atoms with van der Waals surface area (Å²) in [7, 11) is 1.45. The van der Waals surface area contributed by atoms with Crippen LogP contribution in [0.3, 0.4) is 0 Å². The molecule has 9 heteroatoms. The normalized spacial score (nSPS) is 12.1. The lowest BCUT2D eigenvalue weighted by atomic mass is 10.1. The second kappa shape index (κ2) is 9.67. The molecule has 0 bridgehead atoms. The van der Waals surface area contributed by atoms with Crippen molar-refractivity contribution in [2.45, 2.75) is 26.4 Å². The van der Waals surface area contributed by atoms with E-state index in [9.17, 15) is 23.5 Å². The van der Waals surface area contributed by atoms with Crippen LogP contribution in [0.2, 0.25) is 0 Å². The number of rotatable bonds is 9. The number of pyridine rings is 1. The van der Waals surface area contributed by atoms with Crippen LogP contribution in [0.4, 0.5) is 8.78 Å². The first-order valence-electron chi connectivity index (χ1n) is 9.43. The highest BCUT2D eigenvalue weighted by Crippen LogP contribution is 2.30. The summed E-state index contributed by atoms with van der Waals surface area (Å²) in [6.07, 6.45) is 0.551. The molecule has 3 aromatic rings. The van der Waals surface area contributed by atoms with Crippen molar-refractivity contribution in [3.63, 3.8) is 0 Å². The standard InChI is InChI=1S/C22H21F2NO6/c1-13(29-2)30-9-8-25-11-15(22(27)28)20(26)18-17(25)10-16(23)19(24)21(18)31-12-14-6-4-3-5-7-14/h3-7,10-11,13H,8-9,12H2,1-2H3,(H,27,28). The van der Waals surface area contributed by atoms with Crippen molar-refractivity contribution in [2.24, 2.45) is 0 Å². The van der Waals surface area contributed by atoms with Crippen molar-refractivity contribution in [3.8, 4) is 5.75 Å². The van der Waals surface area contributed by atoms with E-state index in [2.05, 4.69) is 0 Å². The van der Waals surface area contributed by atoms with Gasteiger partial charge in [0.25, 0.3) is 0 Å². The number of ether oxygens (including phenoxy) is 3. The Morgan fingerprint density at radius 1 is 1.23 bits per heavy atom. The largest absolute Gasteiger partial charge is 0.485 e. The number of carboxylic acids is 1. The molecule has 0 aliphatic carbocycles. The predicted molar refractivity (Wildman–Crippen MR) is 108 cm³/mol. The van der Waals surface area contributed by atoms with Crippen molar-refractivity contribution in [2.75, 3.05) is 13.7 Å².